The van der Waals surface area contributed by atoms with Crippen LogP contribution >= 0.6 is 0 Å². The van der Waals surface area contributed by atoms with Crippen LogP contribution in [0.4, 0.5) is 0 Å². The first-order valence-electron chi connectivity index (χ1n) is 7.79. The molecule has 21 heavy (non-hydrogen) atoms. The molecule has 1 saturated carbocycles. The van der Waals surface area contributed by atoms with Crippen LogP contribution in [0.1, 0.15) is 32.3 Å². The molecule has 1 fully saturated rings. The Hall–Kier alpha value is -1.61. The number of carbonyl (C=O) groups is 1. The van der Waals surface area contributed by atoms with E-state index in [2.05, 4.69) is 6.92 Å². The van der Waals surface area contributed by atoms with Gasteiger partial charge in [-0.25, -0.2) is 0 Å². The third-order valence-electron chi connectivity index (χ3n) is 4.67. The Bertz CT molecular complexity index is 535. The molecule has 0 saturated heterocycles. The maximum atomic E-state index is 12.8. The molecule has 0 spiro atoms. The Morgan fingerprint density at radius 2 is 2.00 bits per heavy atom. The first-order valence-corrected chi connectivity index (χ1v) is 7.79. The molecule has 0 amide bonds. The third kappa shape index (κ3) is 2.62. The minimum atomic E-state index is -0.0461. The van der Waals surface area contributed by atoms with Crippen molar-refractivity contribution < 1.29 is 14.3 Å². The van der Waals surface area contributed by atoms with Crippen molar-refractivity contribution >= 4 is 11.4 Å². The molecule has 1 aliphatic carbocycles. The van der Waals surface area contributed by atoms with Crippen LogP contribution in [-0.4, -0.2) is 24.6 Å². The van der Waals surface area contributed by atoms with Gasteiger partial charge in [0.2, 0.25) is 0 Å². The molecule has 1 heterocycles. The molecule has 3 heteroatoms. The second kappa shape index (κ2) is 6.02. The Morgan fingerprint density at radius 1 is 1.24 bits per heavy atom. The van der Waals surface area contributed by atoms with E-state index in [9.17, 15) is 4.79 Å². The molecule has 4 atom stereocenters. The minimum Gasteiger partial charge on any atom is -0.496 e. The molecule has 112 valence electrons. The van der Waals surface area contributed by atoms with Crippen molar-refractivity contribution in [3.05, 3.63) is 42.2 Å². The van der Waals surface area contributed by atoms with Crippen LogP contribution < -0.4 is 0 Å². The number of carbonyl (C=O) groups excluding carboxylic acids is 1. The quantitative estimate of drug-likeness (QED) is 0.853. The lowest BCUT2D eigenvalue weighted by Crippen LogP contribution is -2.47. The van der Waals surface area contributed by atoms with Crippen LogP contribution in [0.15, 0.2) is 36.6 Å². The summed E-state index contributed by atoms with van der Waals surface area (Å²) in [5.41, 5.74) is 1.65. The van der Waals surface area contributed by atoms with Gasteiger partial charge in [-0.15, -0.1) is 0 Å². The van der Waals surface area contributed by atoms with Gasteiger partial charge in [-0.1, -0.05) is 37.3 Å². The summed E-state index contributed by atoms with van der Waals surface area (Å²) in [7, 11) is 0. The predicted octanol–water partition coefficient (Wildman–Crippen LogP) is 3.45. The Morgan fingerprint density at radius 3 is 2.71 bits per heavy atom. The fourth-order valence-electron chi connectivity index (χ4n) is 3.53. The highest BCUT2D eigenvalue weighted by Crippen LogP contribution is 2.39. The Kier molecular flexibility index (Phi) is 4.11. The molecule has 0 N–H and O–H groups in total. The van der Waals surface area contributed by atoms with Crippen LogP contribution in [0, 0.1) is 11.8 Å². The van der Waals surface area contributed by atoms with Crippen LogP contribution in [0.2, 0.25) is 0 Å². The SMILES string of the molecule is CCOC1CCC2C(=O)C(c3ccccc3)=COC2C1C. The molecule has 0 bridgehead atoms. The average Bonchev–Trinajstić information content (AvgIpc) is 2.52. The molecule has 0 aromatic heterocycles. The van der Waals surface area contributed by atoms with E-state index < -0.39 is 0 Å². The van der Waals surface area contributed by atoms with Crippen LogP contribution in [0.25, 0.3) is 5.57 Å². The zero-order valence-corrected chi connectivity index (χ0v) is 12.6. The van der Waals surface area contributed by atoms with Gasteiger partial charge < -0.3 is 9.47 Å². The topological polar surface area (TPSA) is 35.5 Å². The highest BCUT2D eigenvalue weighted by molar-refractivity contribution is 6.22. The van der Waals surface area contributed by atoms with Crippen molar-refractivity contribution in [3.63, 3.8) is 0 Å². The van der Waals surface area contributed by atoms with Gasteiger partial charge in [0.1, 0.15) is 6.10 Å². The number of Topliss-reactive ketones (excluding diaryl/α,β-unsaturated/α-hetero) is 1. The van der Waals surface area contributed by atoms with Crippen LogP contribution in [0.3, 0.4) is 0 Å². The molecule has 4 unspecified atom stereocenters. The fourth-order valence-corrected chi connectivity index (χ4v) is 3.53. The average molecular weight is 286 g/mol. The number of benzene rings is 1. The van der Waals surface area contributed by atoms with E-state index in [1.54, 1.807) is 6.26 Å². The fraction of sp³-hybridized carbons (Fsp3) is 0.500. The van der Waals surface area contributed by atoms with Gasteiger partial charge in [-0.2, -0.15) is 0 Å². The first-order chi connectivity index (χ1) is 10.2. The largest absolute Gasteiger partial charge is 0.496 e. The second-order valence-corrected chi connectivity index (χ2v) is 5.90. The summed E-state index contributed by atoms with van der Waals surface area (Å²) >= 11 is 0. The molecule has 2 aliphatic rings. The summed E-state index contributed by atoms with van der Waals surface area (Å²) in [5.74, 6) is 0.442. The van der Waals surface area contributed by atoms with E-state index in [-0.39, 0.29) is 29.8 Å². The summed E-state index contributed by atoms with van der Waals surface area (Å²) in [5, 5.41) is 0. The minimum absolute atomic E-state index is 0.0306. The molecular formula is C18H22O3. The lowest BCUT2D eigenvalue weighted by atomic mass is 9.73. The van der Waals surface area contributed by atoms with Gasteiger partial charge in [0.15, 0.2) is 5.78 Å². The molecule has 1 aromatic rings. The van der Waals surface area contributed by atoms with E-state index in [0.29, 0.717) is 12.2 Å². The molecular weight excluding hydrogens is 264 g/mol. The van der Waals surface area contributed by atoms with E-state index >= 15 is 0 Å². The van der Waals surface area contributed by atoms with Crippen molar-refractivity contribution in [2.75, 3.05) is 6.61 Å². The highest BCUT2D eigenvalue weighted by atomic mass is 16.5. The van der Waals surface area contributed by atoms with Crippen LogP contribution in [-0.2, 0) is 14.3 Å². The summed E-state index contributed by atoms with van der Waals surface area (Å²) in [6.45, 7) is 4.86. The van der Waals surface area contributed by atoms with Crippen molar-refractivity contribution in [1.29, 1.82) is 0 Å². The Balaban J connectivity index is 1.83. The third-order valence-corrected chi connectivity index (χ3v) is 4.67. The summed E-state index contributed by atoms with van der Waals surface area (Å²) in [4.78, 5) is 12.8. The molecule has 0 radical (unpaired) electrons. The summed E-state index contributed by atoms with van der Waals surface area (Å²) in [6, 6.07) is 9.77. The maximum Gasteiger partial charge on any atom is 0.173 e. The molecule has 1 aliphatic heterocycles. The maximum absolute atomic E-state index is 12.8. The summed E-state index contributed by atoms with van der Waals surface area (Å²) < 4.78 is 11.7. The number of hydrogen-bond acceptors (Lipinski definition) is 3. The van der Waals surface area contributed by atoms with Crippen molar-refractivity contribution in [3.8, 4) is 0 Å². The smallest absolute Gasteiger partial charge is 0.173 e. The van der Waals surface area contributed by atoms with Gasteiger partial charge in [0, 0.05) is 12.5 Å². The normalized spacial score (nSPS) is 32.1. The lowest BCUT2D eigenvalue weighted by Gasteiger charge is -2.42. The highest BCUT2D eigenvalue weighted by Gasteiger charge is 2.44. The number of hydrogen-bond donors (Lipinski definition) is 0. The van der Waals surface area contributed by atoms with E-state index in [1.165, 1.54) is 0 Å². The predicted molar refractivity (Wildman–Crippen MR) is 81.6 cm³/mol. The van der Waals surface area contributed by atoms with Gasteiger partial charge >= 0.3 is 0 Å². The Labute approximate surface area is 125 Å². The van der Waals surface area contributed by atoms with E-state index in [4.69, 9.17) is 9.47 Å². The van der Waals surface area contributed by atoms with Gasteiger partial charge in [0.25, 0.3) is 0 Å². The van der Waals surface area contributed by atoms with Crippen molar-refractivity contribution in [2.24, 2.45) is 11.8 Å². The number of rotatable bonds is 3. The van der Waals surface area contributed by atoms with Gasteiger partial charge in [0.05, 0.1) is 23.9 Å². The number of fused-ring (bicyclic) bond motifs is 1. The van der Waals surface area contributed by atoms with Gasteiger partial charge in [-0.05, 0) is 25.3 Å². The second-order valence-electron chi connectivity index (χ2n) is 5.90. The monoisotopic (exact) mass is 286 g/mol. The number of allylic oxidation sites excluding steroid dienone is 1. The van der Waals surface area contributed by atoms with Gasteiger partial charge in [-0.3, -0.25) is 4.79 Å². The zero-order chi connectivity index (χ0) is 14.8. The number of ketones is 1. The zero-order valence-electron chi connectivity index (χ0n) is 12.6. The van der Waals surface area contributed by atoms with Crippen molar-refractivity contribution in [1.82, 2.24) is 0 Å². The standard InChI is InChI=1S/C18H22O3/c1-3-20-16-10-9-14-17(19)15(11-21-18(14)12(16)2)13-7-5-4-6-8-13/h4-8,11-12,14,16,18H,3,9-10H2,1-2H3. The molecule has 1 aromatic carbocycles. The van der Waals surface area contributed by atoms with Crippen LogP contribution in [0.5, 0.6) is 0 Å². The number of ether oxygens (including phenoxy) is 2. The molecule has 3 nitrogen and oxygen atoms in total. The van der Waals surface area contributed by atoms with Crippen molar-refractivity contribution in [2.45, 2.75) is 38.9 Å². The van der Waals surface area contributed by atoms with E-state index in [0.717, 1.165) is 18.4 Å². The first kappa shape index (κ1) is 14.3. The lowest BCUT2D eigenvalue weighted by molar-refractivity contribution is -0.134. The summed E-state index contributed by atoms with van der Waals surface area (Å²) in [6.07, 6.45) is 3.60. The molecule has 3 rings (SSSR count). The van der Waals surface area contributed by atoms with E-state index in [1.807, 2.05) is 37.3 Å².